The summed E-state index contributed by atoms with van der Waals surface area (Å²) in [7, 11) is 0. The van der Waals surface area contributed by atoms with E-state index in [9.17, 15) is 31.1 Å². The maximum Gasteiger partial charge on any atom is 0.416 e. The summed E-state index contributed by atoms with van der Waals surface area (Å²) in [4.78, 5) is 11.6. The van der Waals surface area contributed by atoms with Gasteiger partial charge in [0.05, 0.1) is 23.8 Å². The Morgan fingerprint density at radius 1 is 0.938 bits per heavy atom. The molecule has 32 heavy (non-hydrogen) atoms. The van der Waals surface area contributed by atoms with Crippen molar-refractivity contribution in [3.8, 4) is 0 Å². The first-order valence-electron chi connectivity index (χ1n) is 10.2. The summed E-state index contributed by atoms with van der Waals surface area (Å²) in [6.45, 7) is -0.412. The molecule has 0 radical (unpaired) electrons. The molecule has 1 aliphatic rings. The van der Waals surface area contributed by atoms with E-state index >= 15 is 0 Å². The number of amides is 1. The molecule has 0 heterocycles. The molecule has 2 aromatic rings. The van der Waals surface area contributed by atoms with Gasteiger partial charge in [-0.3, -0.25) is 4.79 Å². The second-order valence-electron chi connectivity index (χ2n) is 8.06. The summed E-state index contributed by atoms with van der Waals surface area (Å²) in [5.74, 6) is -0.837. The molecule has 0 bridgehead atoms. The van der Waals surface area contributed by atoms with Crippen molar-refractivity contribution in [2.45, 2.75) is 56.7 Å². The smallest absolute Gasteiger partial charge is 0.373 e. The minimum atomic E-state index is -4.92. The lowest BCUT2D eigenvalue weighted by Crippen LogP contribution is -2.35. The number of hydrogen-bond acceptors (Lipinski definition) is 2. The van der Waals surface area contributed by atoms with Gasteiger partial charge in [-0.15, -0.1) is 0 Å². The van der Waals surface area contributed by atoms with Crippen LogP contribution in [-0.2, 0) is 28.5 Å². The first-order valence-corrected chi connectivity index (χ1v) is 10.2. The molecule has 0 aliphatic heterocycles. The summed E-state index contributed by atoms with van der Waals surface area (Å²) < 4.78 is 84.7. The van der Waals surface area contributed by atoms with Crippen LogP contribution in [0.3, 0.4) is 0 Å². The van der Waals surface area contributed by atoms with Crippen molar-refractivity contribution in [3.63, 3.8) is 0 Å². The number of carbonyl (C=O) groups excluding carboxylic acids is 1. The zero-order chi connectivity index (χ0) is 23.5. The van der Waals surface area contributed by atoms with Gasteiger partial charge in [-0.05, 0) is 48.1 Å². The Morgan fingerprint density at radius 2 is 1.53 bits per heavy atom. The van der Waals surface area contributed by atoms with E-state index in [1.807, 2.05) is 30.3 Å². The number of ether oxygens (including phenoxy) is 1. The number of rotatable bonds is 6. The minimum absolute atomic E-state index is 0.0970. The van der Waals surface area contributed by atoms with Crippen molar-refractivity contribution in [1.82, 2.24) is 0 Å². The highest BCUT2D eigenvalue weighted by Gasteiger charge is 2.38. The predicted molar refractivity (Wildman–Crippen MR) is 105 cm³/mol. The van der Waals surface area contributed by atoms with Gasteiger partial charge in [-0.2, -0.15) is 26.3 Å². The van der Waals surface area contributed by atoms with E-state index in [0.29, 0.717) is 25.0 Å². The van der Waals surface area contributed by atoms with Crippen molar-refractivity contribution in [2.75, 3.05) is 0 Å². The van der Waals surface area contributed by atoms with Gasteiger partial charge < -0.3 is 10.5 Å². The molecule has 2 N–H and O–H groups in total. The normalized spacial score (nSPS) is 22.0. The highest BCUT2D eigenvalue weighted by atomic mass is 19.4. The number of halogens is 6. The van der Waals surface area contributed by atoms with Crippen LogP contribution in [0.2, 0.25) is 0 Å². The second kappa shape index (κ2) is 9.52. The van der Waals surface area contributed by atoms with Crippen LogP contribution in [0.1, 0.15) is 53.9 Å². The lowest BCUT2D eigenvalue weighted by molar-refractivity contribution is -0.143. The van der Waals surface area contributed by atoms with Crippen molar-refractivity contribution in [2.24, 2.45) is 11.7 Å². The Bertz CT molecular complexity index is 894. The maximum atomic E-state index is 13.1. The van der Waals surface area contributed by atoms with Gasteiger partial charge in [0.25, 0.3) is 0 Å². The molecule has 3 nitrogen and oxygen atoms in total. The lowest BCUT2D eigenvalue weighted by atomic mass is 9.72. The Balaban J connectivity index is 1.87. The number of nitrogens with two attached hydrogens (primary N) is 1. The average molecular weight is 459 g/mol. The third-order valence-electron chi connectivity index (χ3n) is 5.73. The topological polar surface area (TPSA) is 52.3 Å². The zero-order valence-corrected chi connectivity index (χ0v) is 17.0. The summed E-state index contributed by atoms with van der Waals surface area (Å²) in [5.41, 5.74) is 3.33. The van der Waals surface area contributed by atoms with Crippen molar-refractivity contribution >= 4 is 5.91 Å². The van der Waals surface area contributed by atoms with Crippen LogP contribution in [0, 0.1) is 5.92 Å². The van der Waals surface area contributed by atoms with Crippen molar-refractivity contribution in [3.05, 3.63) is 70.8 Å². The van der Waals surface area contributed by atoms with Gasteiger partial charge in [-0.25, -0.2) is 0 Å². The van der Waals surface area contributed by atoms with Gasteiger partial charge >= 0.3 is 12.4 Å². The molecule has 1 aliphatic carbocycles. The fraction of sp³-hybridized carbons (Fsp3) is 0.435. The fourth-order valence-corrected chi connectivity index (χ4v) is 4.39. The van der Waals surface area contributed by atoms with Crippen LogP contribution in [0.5, 0.6) is 0 Å². The number of benzene rings is 2. The Kier molecular flexibility index (Phi) is 7.17. The highest BCUT2D eigenvalue weighted by Crippen LogP contribution is 2.42. The fourth-order valence-electron chi connectivity index (χ4n) is 4.39. The largest absolute Gasteiger partial charge is 0.416 e. The summed E-state index contributed by atoms with van der Waals surface area (Å²) >= 11 is 0. The molecule has 1 fully saturated rings. The summed E-state index contributed by atoms with van der Waals surface area (Å²) in [5, 5.41) is 0. The molecule has 0 aromatic heterocycles. The van der Waals surface area contributed by atoms with E-state index in [4.69, 9.17) is 10.5 Å². The number of carbonyl (C=O) groups is 1. The van der Waals surface area contributed by atoms with E-state index in [-0.39, 0.29) is 29.9 Å². The Labute approximate surface area is 181 Å². The molecule has 0 spiro atoms. The summed E-state index contributed by atoms with van der Waals surface area (Å²) in [6, 6.07) is 10.7. The zero-order valence-electron chi connectivity index (χ0n) is 17.0. The van der Waals surface area contributed by atoms with Crippen molar-refractivity contribution < 1.29 is 35.9 Å². The molecule has 1 saturated carbocycles. The number of alkyl halides is 6. The molecule has 174 valence electrons. The Hall–Kier alpha value is -2.55. The molecular formula is C23H23F6NO2. The molecule has 1 amide bonds. The van der Waals surface area contributed by atoms with Crippen LogP contribution in [0.15, 0.2) is 48.5 Å². The predicted octanol–water partition coefficient (Wildman–Crippen LogP) is 6.07. The molecule has 0 saturated heterocycles. The molecule has 2 aromatic carbocycles. The van der Waals surface area contributed by atoms with Crippen LogP contribution < -0.4 is 5.73 Å². The molecule has 3 atom stereocenters. The summed E-state index contributed by atoms with van der Waals surface area (Å²) in [6.07, 6.45) is -8.17. The van der Waals surface area contributed by atoms with E-state index in [2.05, 4.69) is 0 Å². The van der Waals surface area contributed by atoms with E-state index < -0.39 is 42.1 Å². The highest BCUT2D eigenvalue weighted by molar-refractivity contribution is 5.74. The third kappa shape index (κ3) is 6.03. The molecular weight excluding hydrogens is 436 g/mol. The van der Waals surface area contributed by atoms with Crippen LogP contribution >= 0.6 is 0 Å². The minimum Gasteiger partial charge on any atom is -0.373 e. The van der Waals surface area contributed by atoms with Gasteiger partial charge in [0, 0.05) is 12.3 Å². The van der Waals surface area contributed by atoms with Crippen LogP contribution in [0.4, 0.5) is 26.3 Å². The van der Waals surface area contributed by atoms with Gasteiger partial charge in [-0.1, -0.05) is 36.8 Å². The maximum absolute atomic E-state index is 13.1. The quantitative estimate of drug-likeness (QED) is 0.533. The second-order valence-corrected chi connectivity index (χ2v) is 8.06. The van der Waals surface area contributed by atoms with Crippen LogP contribution in [-0.4, -0.2) is 12.0 Å². The lowest BCUT2D eigenvalue weighted by Gasteiger charge is -2.38. The third-order valence-corrected chi connectivity index (χ3v) is 5.73. The molecule has 0 unspecified atom stereocenters. The Morgan fingerprint density at radius 3 is 2.06 bits per heavy atom. The van der Waals surface area contributed by atoms with Gasteiger partial charge in [0.1, 0.15) is 0 Å². The molecule has 3 rings (SSSR count). The average Bonchev–Trinajstić information content (AvgIpc) is 2.71. The van der Waals surface area contributed by atoms with E-state index in [1.165, 1.54) is 0 Å². The SMILES string of the molecule is NC(=O)C[C@@H]1CCC[C@@H](OCc2cc(C(F)(F)F)cc(C(F)(F)F)c2)[C@H]1c1ccccc1. The van der Waals surface area contributed by atoms with Gasteiger partial charge in [0.2, 0.25) is 5.91 Å². The van der Waals surface area contributed by atoms with E-state index in [1.54, 1.807) is 0 Å². The van der Waals surface area contributed by atoms with E-state index in [0.717, 1.165) is 12.0 Å². The van der Waals surface area contributed by atoms with Crippen LogP contribution in [0.25, 0.3) is 0 Å². The first kappa shape index (κ1) is 24.1. The first-order chi connectivity index (χ1) is 14.9. The standard InChI is InChI=1S/C23H23F6NO2/c24-22(25,26)17-9-14(10-18(12-17)23(27,28)29)13-32-19-8-4-7-16(11-20(30)31)21(19)15-5-2-1-3-6-15/h1-3,5-6,9-10,12,16,19,21H,4,7-8,11,13H2,(H2,30,31)/t16-,19+,21-/m0/s1. The molecule has 9 heteroatoms. The number of hydrogen-bond donors (Lipinski definition) is 1. The van der Waals surface area contributed by atoms with Crippen molar-refractivity contribution in [1.29, 1.82) is 0 Å². The number of primary amides is 1. The monoisotopic (exact) mass is 459 g/mol. The van der Waals surface area contributed by atoms with Gasteiger partial charge in [0.15, 0.2) is 0 Å².